The van der Waals surface area contributed by atoms with Crippen LogP contribution in [-0.4, -0.2) is 66.3 Å². The maximum absolute atomic E-state index is 12.1. The zero-order valence-corrected chi connectivity index (χ0v) is 15.7. The summed E-state index contributed by atoms with van der Waals surface area (Å²) in [6, 6.07) is 8.53. The van der Waals surface area contributed by atoms with Crippen molar-refractivity contribution in [1.29, 1.82) is 0 Å². The molecule has 27 heavy (non-hydrogen) atoms. The van der Waals surface area contributed by atoms with Crippen molar-refractivity contribution in [2.45, 2.75) is 12.6 Å². The van der Waals surface area contributed by atoms with Gasteiger partial charge in [-0.3, -0.25) is 19.6 Å². The lowest BCUT2D eigenvalue weighted by molar-refractivity contribution is -0.144. The quantitative estimate of drug-likeness (QED) is 0.798. The zero-order valence-electron chi connectivity index (χ0n) is 15.7. The topological polar surface area (TPSA) is 75.1 Å². The van der Waals surface area contributed by atoms with Crippen molar-refractivity contribution in [1.82, 2.24) is 14.8 Å². The molecule has 1 saturated heterocycles. The highest BCUT2D eigenvalue weighted by Crippen LogP contribution is 2.33. The number of rotatable bonds is 7. The first-order chi connectivity index (χ1) is 13.1. The molecule has 0 spiro atoms. The SMILES string of the molecule is COc1ccc(OC)c(C(C(=O)O)N2CCN(Cc3ccncc3)CC2)c1. The summed E-state index contributed by atoms with van der Waals surface area (Å²) in [5, 5.41) is 9.91. The van der Waals surface area contributed by atoms with Crippen molar-refractivity contribution in [3.8, 4) is 11.5 Å². The number of aliphatic carboxylic acids is 1. The number of benzene rings is 1. The molecule has 7 nitrogen and oxygen atoms in total. The summed E-state index contributed by atoms with van der Waals surface area (Å²) in [6.45, 7) is 3.79. The van der Waals surface area contributed by atoms with Crippen molar-refractivity contribution >= 4 is 5.97 Å². The second kappa shape index (κ2) is 8.83. The minimum atomic E-state index is -0.885. The Balaban J connectivity index is 1.73. The van der Waals surface area contributed by atoms with Crippen molar-refractivity contribution in [2.75, 3.05) is 40.4 Å². The second-order valence-corrected chi connectivity index (χ2v) is 6.52. The van der Waals surface area contributed by atoms with E-state index < -0.39 is 12.0 Å². The maximum Gasteiger partial charge on any atom is 0.325 e. The summed E-state index contributed by atoms with van der Waals surface area (Å²) < 4.78 is 10.7. The van der Waals surface area contributed by atoms with E-state index in [2.05, 4.69) is 9.88 Å². The van der Waals surface area contributed by atoms with Gasteiger partial charge in [-0.2, -0.15) is 0 Å². The zero-order chi connectivity index (χ0) is 19.2. The van der Waals surface area contributed by atoms with Crippen LogP contribution in [0.5, 0.6) is 11.5 Å². The standard InChI is InChI=1S/C20H25N3O4/c1-26-16-3-4-18(27-2)17(13-16)19(20(24)25)23-11-9-22(10-12-23)14-15-5-7-21-8-6-15/h3-8,13,19H,9-12,14H2,1-2H3,(H,24,25). The lowest BCUT2D eigenvalue weighted by Crippen LogP contribution is -2.48. The van der Waals surface area contributed by atoms with Gasteiger partial charge in [-0.1, -0.05) is 0 Å². The van der Waals surface area contributed by atoms with Crippen LogP contribution in [-0.2, 0) is 11.3 Å². The molecule has 2 heterocycles. The van der Waals surface area contributed by atoms with E-state index in [1.807, 2.05) is 17.0 Å². The average molecular weight is 371 g/mol. The van der Waals surface area contributed by atoms with Crippen LogP contribution in [0.25, 0.3) is 0 Å². The van der Waals surface area contributed by atoms with E-state index in [1.54, 1.807) is 44.8 Å². The highest BCUT2D eigenvalue weighted by atomic mass is 16.5. The fraction of sp³-hybridized carbons (Fsp3) is 0.400. The number of nitrogens with zero attached hydrogens (tertiary/aromatic N) is 3. The Hall–Kier alpha value is -2.64. The third-order valence-electron chi connectivity index (χ3n) is 4.89. The summed E-state index contributed by atoms with van der Waals surface area (Å²) in [5.74, 6) is 0.292. The molecule has 0 radical (unpaired) electrons. The van der Waals surface area contributed by atoms with Gasteiger partial charge in [0.25, 0.3) is 0 Å². The van der Waals surface area contributed by atoms with Crippen LogP contribution in [0.15, 0.2) is 42.7 Å². The molecule has 2 aromatic rings. The largest absolute Gasteiger partial charge is 0.497 e. The Morgan fingerprint density at radius 3 is 2.41 bits per heavy atom. The van der Waals surface area contributed by atoms with Crippen molar-refractivity contribution in [2.24, 2.45) is 0 Å². The first kappa shape index (κ1) is 19.1. The van der Waals surface area contributed by atoms with Gasteiger partial charge in [-0.05, 0) is 35.9 Å². The van der Waals surface area contributed by atoms with Crippen LogP contribution in [0.2, 0.25) is 0 Å². The predicted molar refractivity (Wildman–Crippen MR) is 101 cm³/mol. The Kier molecular flexibility index (Phi) is 6.26. The molecule has 0 saturated carbocycles. The van der Waals surface area contributed by atoms with Gasteiger partial charge >= 0.3 is 5.97 Å². The van der Waals surface area contributed by atoms with E-state index in [1.165, 1.54) is 5.56 Å². The number of pyridine rings is 1. The molecule has 1 N–H and O–H groups in total. The van der Waals surface area contributed by atoms with Crippen LogP contribution in [0, 0.1) is 0 Å². The molecule has 1 aliphatic heterocycles. The van der Waals surface area contributed by atoms with Gasteiger partial charge in [-0.25, -0.2) is 0 Å². The van der Waals surface area contributed by atoms with Crippen LogP contribution in [0.3, 0.4) is 0 Å². The number of carboxylic acids is 1. The molecule has 3 rings (SSSR count). The molecular weight excluding hydrogens is 346 g/mol. The van der Waals surface area contributed by atoms with E-state index in [4.69, 9.17) is 9.47 Å². The molecule has 1 atom stereocenters. The molecule has 0 amide bonds. The van der Waals surface area contributed by atoms with E-state index in [9.17, 15) is 9.90 Å². The summed E-state index contributed by atoms with van der Waals surface area (Å²) in [6.07, 6.45) is 3.59. The molecule has 144 valence electrons. The average Bonchev–Trinajstić information content (AvgIpc) is 2.70. The second-order valence-electron chi connectivity index (χ2n) is 6.52. The first-order valence-electron chi connectivity index (χ1n) is 8.92. The number of carbonyl (C=O) groups is 1. The van der Waals surface area contributed by atoms with Gasteiger partial charge in [-0.15, -0.1) is 0 Å². The molecule has 1 aromatic heterocycles. The highest BCUT2D eigenvalue weighted by molar-refractivity contribution is 5.77. The Bertz CT molecular complexity index is 761. The van der Waals surface area contributed by atoms with Crippen molar-refractivity contribution in [3.63, 3.8) is 0 Å². The van der Waals surface area contributed by atoms with Gasteiger partial charge in [0, 0.05) is 50.7 Å². The Labute approximate surface area is 159 Å². The summed E-state index contributed by atoms with van der Waals surface area (Å²) in [5.41, 5.74) is 1.83. The Morgan fingerprint density at radius 1 is 1.11 bits per heavy atom. The summed E-state index contributed by atoms with van der Waals surface area (Å²) in [7, 11) is 3.12. The number of piperazine rings is 1. The van der Waals surface area contributed by atoms with Crippen LogP contribution in [0.1, 0.15) is 17.2 Å². The van der Waals surface area contributed by atoms with Crippen molar-refractivity contribution < 1.29 is 19.4 Å². The van der Waals surface area contributed by atoms with Crippen LogP contribution in [0.4, 0.5) is 0 Å². The predicted octanol–water partition coefficient (Wildman–Crippen LogP) is 2.04. The number of aromatic nitrogens is 1. The van der Waals surface area contributed by atoms with Crippen LogP contribution >= 0.6 is 0 Å². The number of methoxy groups -OCH3 is 2. The van der Waals surface area contributed by atoms with E-state index >= 15 is 0 Å². The lowest BCUT2D eigenvalue weighted by Gasteiger charge is -2.38. The number of ether oxygens (including phenoxy) is 2. The molecule has 0 bridgehead atoms. The minimum absolute atomic E-state index is 0.558. The van der Waals surface area contributed by atoms with Crippen molar-refractivity contribution in [3.05, 3.63) is 53.9 Å². The molecular formula is C20H25N3O4. The minimum Gasteiger partial charge on any atom is -0.497 e. The third kappa shape index (κ3) is 4.56. The van der Waals surface area contributed by atoms with Crippen LogP contribution < -0.4 is 9.47 Å². The Morgan fingerprint density at radius 2 is 1.81 bits per heavy atom. The highest BCUT2D eigenvalue weighted by Gasteiger charge is 2.32. The number of carboxylic acid groups (broad SMARTS) is 1. The molecule has 1 aromatic carbocycles. The molecule has 7 heteroatoms. The monoisotopic (exact) mass is 371 g/mol. The number of hydrogen-bond acceptors (Lipinski definition) is 6. The van der Waals surface area contributed by atoms with Gasteiger partial charge in [0.15, 0.2) is 0 Å². The van der Waals surface area contributed by atoms with Gasteiger partial charge < -0.3 is 14.6 Å². The molecule has 1 unspecified atom stereocenters. The smallest absolute Gasteiger partial charge is 0.325 e. The van der Waals surface area contributed by atoms with Gasteiger partial charge in [0.1, 0.15) is 17.5 Å². The maximum atomic E-state index is 12.1. The first-order valence-corrected chi connectivity index (χ1v) is 8.92. The molecule has 0 aliphatic carbocycles. The van der Waals surface area contributed by atoms with Gasteiger partial charge in [0.05, 0.1) is 14.2 Å². The molecule has 1 aliphatic rings. The molecule has 1 fully saturated rings. The van der Waals surface area contributed by atoms with E-state index in [0.29, 0.717) is 30.2 Å². The normalized spacial score (nSPS) is 16.7. The number of hydrogen-bond donors (Lipinski definition) is 1. The third-order valence-corrected chi connectivity index (χ3v) is 4.89. The fourth-order valence-electron chi connectivity index (χ4n) is 3.47. The summed E-state index contributed by atoms with van der Waals surface area (Å²) >= 11 is 0. The lowest BCUT2D eigenvalue weighted by atomic mass is 10.0. The summed E-state index contributed by atoms with van der Waals surface area (Å²) in [4.78, 5) is 20.4. The van der Waals surface area contributed by atoms with E-state index in [-0.39, 0.29) is 0 Å². The fourth-order valence-corrected chi connectivity index (χ4v) is 3.47. The van der Waals surface area contributed by atoms with E-state index in [0.717, 1.165) is 19.6 Å². The van der Waals surface area contributed by atoms with Gasteiger partial charge in [0.2, 0.25) is 0 Å².